The minimum absolute atomic E-state index is 0.211. The quantitative estimate of drug-likeness (QED) is 0.480. The molecule has 0 fully saturated rings. The van der Waals surface area contributed by atoms with Gasteiger partial charge in [0.1, 0.15) is 16.3 Å². The molecular weight excluding hydrogens is 433 g/mol. The van der Waals surface area contributed by atoms with Crippen LogP contribution in [0, 0.1) is 6.92 Å². The first-order valence-electron chi connectivity index (χ1n) is 8.53. The van der Waals surface area contributed by atoms with Crippen LogP contribution in [-0.4, -0.2) is 25.6 Å². The van der Waals surface area contributed by atoms with Gasteiger partial charge in [0.25, 0.3) is 5.91 Å². The standard InChI is InChI=1S/C21H17Cl2NO4S/c1-12-9-15(23)7-8-17(12)28-10-18(25)24-20-19(21(26)27-2)16(11-29-20)13-3-5-14(22)6-4-13/h3-9,11H,10H2,1-2H3,(H,24,25). The van der Waals surface area contributed by atoms with Gasteiger partial charge in [0.05, 0.1) is 7.11 Å². The minimum atomic E-state index is -0.541. The van der Waals surface area contributed by atoms with E-state index in [-0.39, 0.29) is 12.2 Å². The predicted octanol–water partition coefficient (Wildman–Crippen LogP) is 5.83. The zero-order chi connectivity index (χ0) is 21.0. The summed E-state index contributed by atoms with van der Waals surface area (Å²) < 4.78 is 10.5. The van der Waals surface area contributed by atoms with E-state index in [1.807, 2.05) is 6.92 Å². The smallest absolute Gasteiger partial charge is 0.341 e. The summed E-state index contributed by atoms with van der Waals surface area (Å²) in [6.07, 6.45) is 0. The summed E-state index contributed by atoms with van der Waals surface area (Å²) in [4.78, 5) is 24.7. The number of ether oxygens (including phenoxy) is 2. The van der Waals surface area contributed by atoms with Gasteiger partial charge in [0.15, 0.2) is 6.61 Å². The molecule has 3 aromatic rings. The third-order valence-electron chi connectivity index (χ3n) is 4.08. The molecule has 150 valence electrons. The van der Waals surface area contributed by atoms with Crippen molar-refractivity contribution in [2.45, 2.75) is 6.92 Å². The Kier molecular flexibility index (Phi) is 6.79. The molecule has 0 saturated carbocycles. The maximum Gasteiger partial charge on any atom is 0.341 e. The predicted molar refractivity (Wildman–Crippen MR) is 116 cm³/mol. The van der Waals surface area contributed by atoms with Crippen LogP contribution in [0.1, 0.15) is 15.9 Å². The van der Waals surface area contributed by atoms with E-state index in [1.54, 1.807) is 47.8 Å². The average Bonchev–Trinajstić information content (AvgIpc) is 3.10. The van der Waals surface area contributed by atoms with Gasteiger partial charge in [-0.2, -0.15) is 0 Å². The number of carbonyl (C=O) groups excluding carboxylic acids is 2. The van der Waals surface area contributed by atoms with E-state index in [0.29, 0.717) is 26.4 Å². The maximum absolute atomic E-state index is 12.4. The normalized spacial score (nSPS) is 10.5. The fourth-order valence-electron chi connectivity index (χ4n) is 2.68. The first kappa shape index (κ1) is 21.2. The lowest BCUT2D eigenvalue weighted by atomic mass is 10.0. The van der Waals surface area contributed by atoms with Crippen LogP contribution in [0.4, 0.5) is 5.00 Å². The van der Waals surface area contributed by atoms with Crippen LogP contribution in [0.5, 0.6) is 5.75 Å². The number of benzene rings is 2. The van der Waals surface area contributed by atoms with E-state index in [0.717, 1.165) is 11.1 Å². The highest BCUT2D eigenvalue weighted by atomic mass is 35.5. The molecule has 1 N–H and O–H groups in total. The number of thiophene rings is 1. The summed E-state index contributed by atoms with van der Waals surface area (Å²) in [5.41, 5.74) is 2.56. The fraction of sp³-hybridized carbons (Fsp3) is 0.143. The first-order valence-corrected chi connectivity index (χ1v) is 10.2. The molecule has 1 amide bonds. The molecule has 0 unspecified atom stereocenters. The molecule has 0 aliphatic rings. The number of aryl methyl sites for hydroxylation is 1. The molecule has 3 rings (SSSR count). The molecule has 29 heavy (non-hydrogen) atoms. The van der Waals surface area contributed by atoms with Gasteiger partial charge in [0.2, 0.25) is 0 Å². The van der Waals surface area contributed by atoms with E-state index in [9.17, 15) is 9.59 Å². The highest BCUT2D eigenvalue weighted by Crippen LogP contribution is 2.36. The summed E-state index contributed by atoms with van der Waals surface area (Å²) in [6, 6.07) is 12.2. The van der Waals surface area contributed by atoms with Crippen LogP contribution in [-0.2, 0) is 9.53 Å². The van der Waals surface area contributed by atoms with Crippen molar-refractivity contribution >= 4 is 51.4 Å². The van der Waals surface area contributed by atoms with Gasteiger partial charge in [-0.3, -0.25) is 4.79 Å². The largest absolute Gasteiger partial charge is 0.483 e. The molecule has 0 atom stereocenters. The summed E-state index contributed by atoms with van der Waals surface area (Å²) in [5, 5.41) is 6.09. The monoisotopic (exact) mass is 449 g/mol. The Hall–Kier alpha value is -2.54. The van der Waals surface area contributed by atoms with Gasteiger partial charge in [-0.25, -0.2) is 4.79 Å². The maximum atomic E-state index is 12.4. The van der Waals surface area contributed by atoms with E-state index >= 15 is 0 Å². The van der Waals surface area contributed by atoms with Crippen LogP contribution in [0.2, 0.25) is 10.0 Å². The number of esters is 1. The highest BCUT2D eigenvalue weighted by molar-refractivity contribution is 7.15. The zero-order valence-corrected chi connectivity index (χ0v) is 18.0. The SMILES string of the molecule is COC(=O)c1c(-c2ccc(Cl)cc2)csc1NC(=O)COc1ccc(Cl)cc1C. The van der Waals surface area contributed by atoms with Crippen LogP contribution >= 0.6 is 34.5 Å². The molecule has 1 aromatic heterocycles. The second-order valence-electron chi connectivity index (χ2n) is 6.10. The molecule has 2 aromatic carbocycles. The summed E-state index contributed by atoms with van der Waals surface area (Å²) in [7, 11) is 1.30. The van der Waals surface area contributed by atoms with Gasteiger partial charge in [-0.05, 0) is 48.4 Å². The number of rotatable bonds is 6. The molecule has 1 heterocycles. The lowest BCUT2D eigenvalue weighted by Gasteiger charge is -2.10. The lowest BCUT2D eigenvalue weighted by molar-refractivity contribution is -0.118. The van der Waals surface area contributed by atoms with Gasteiger partial charge in [-0.1, -0.05) is 35.3 Å². The van der Waals surface area contributed by atoms with Crippen LogP contribution in [0.3, 0.4) is 0 Å². The number of hydrogen-bond donors (Lipinski definition) is 1. The lowest BCUT2D eigenvalue weighted by Crippen LogP contribution is -2.21. The number of amides is 1. The number of hydrogen-bond acceptors (Lipinski definition) is 5. The molecule has 0 spiro atoms. The van der Waals surface area contributed by atoms with Crippen molar-refractivity contribution in [2.75, 3.05) is 19.0 Å². The van der Waals surface area contributed by atoms with Gasteiger partial charge in [-0.15, -0.1) is 11.3 Å². The second-order valence-corrected chi connectivity index (χ2v) is 7.85. The molecule has 5 nitrogen and oxygen atoms in total. The molecule has 0 bridgehead atoms. The van der Waals surface area contributed by atoms with E-state index in [2.05, 4.69) is 5.32 Å². The minimum Gasteiger partial charge on any atom is -0.483 e. The Bertz CT molecular complexity index is 1050. The Balaban J connectivity index is 1.78. The number of halogens is 2. The zero-order valence-electron chi connectivity index (χ0n) is 15.6. The third kappa shape index (κ3) is 5.09. The summed E-state index contributed by atoms with van der Waals surface area (Å²) in [6.45, 7) is 1.63. The Morgan fingerprint density at radius 1 is 1.07 bits per heavy atom. The highest BCUT2D eigenvalue weighted by Gasteiger charge is 2.22. The molecule has 0 radical (unpaired) electrons. The molecule has 0 aliphatic heterocycles. The van der Waals surface area contributed by atoms with Gasteiger partial charge >= 0.3 is 5.97 Å². The molecule has 0 aliphatic carbocycles. The summed E-state index contributed by atoms with van der Waals surface area (Å²) in [5.74, 6) is -0.374. The fourth-order valence-corrected chi connectivity index (χ4v) is 4.00. The van der Waals surface area contributed by atoms with Crippen molar-refractivity contribution in [3.63, 3.8) is 0 Å². The first-order chi connectivity index (χ1) is 13.9. The Labute approximate surface area is 182 Å². The number of carbonyl (C=O) groups is 2. The van der Waals surface area contributed by atoms with Crippen molar-refractivity contribution in [1.29, 1.82) is 0 Å². The molecular formula is C21H17Cl2NO4S. The van der Waals surface area contributed by atoms with E-state index in [4.69, 9.17) is 32.7 Å². The van der Waals surface area contributed by atoms with Crippen LogP contribution in [0.15, 0.2) is 47.8 Å². The number of methoxy groups -OCH3 is 1. The van der Waals surface area contributed by atoms with Crippen molar-refractivity contribution < 1.29 is 19.1 Å². The second kappa shape index (κ2) is 9.31. The van der Waals surface area contributed by atoms with Crippen molar-refractivity contribution in [3.05, 3.63) is 69.0 Å². The Morgan fingerprint density at radius 3 is 2.41 bits per heavy atom. The van der Waals surface area contributed by atoms with Crippen molar-refractivity contribution in [1.82, 2.24) is 0 Å². The van der Waals surface area contributed by atoms with Gasteiger partial charge in [0, 0.05) is 21.0 Å². The summed E-state index contributed by atoms with van der Waals surface area (Å²) >= 11 is 13.1. The Morgan fingerprint density at radius 2 is 1.76 bits per heavy atom. The van der Waals surface area contributed by atoms with E-state index < -0.39 is 11.9 Å². The van der Waals surface area contributed by atoms with E-state index in [1.165, 1.54) is 18.4 Å². The molecule has 8 heteroatoms. The van der Waals surface area contributed by atoms with Crippen LogP contribution < -0.4 is 10.1 Å². The van der Waals surface area contributed by atoms with Crippen molar-refractivity contribution in [2.24, 2.45) is 0 Å². The van der Waals surface area contributed by atoms with Crippen molar-refractivity contribution in [3.8, 4) is 16.9 Å². The average molecular weight is 450 g/mol. The number of anilines is 1. The van der Waals surface area contributed by atoms with Crippen LogP contribution in [0.25, 0.3) is 11.1 Å². The van der Waals surface area contributed by atoms with Gasteiger partial charge < -0.3 is 14.8 Å². The topological polar surface area (TPSA) is 64.6 Å². The molecule has 0 saturated heterocycles. The number of nitrogens with one attached hydrogen (secondary N) is 1. The third-order valence-corrected chi connectivity index (χ3v) is 5.47.